The zero-order chi connectivity index (χ0) is 15.2. The molecule has 1 aromatic carbocycles. The number of nitrogens with one attached hydrogen (secondary N) is 1. The maximum atomic E-state index is 13.1. The number of nitrogens with two attached hydrogens (primary N) is 1. The molecule has 1 heterocycles. The molecule has 5 nitrogen and oxygen atoms in total. The van der Waals surface area contributed by atoms with Gasteiger partial charge >= 0.3 is 0 Å². The molecule has 0 fully saturated rings. The van der Waals surface area contributed by atoms with Gasteiger partial charge in [-0.3, -0.25) is 4.79 Å². The van der Waals surface area contributed by atoms with E-state index in [1.807, 2.05) is 0 Å². The van der Waals surface area contributed by atoms with E-state index in [4.69, 9.17) is 10.9 Å². The van der Waals surface area contributed by atoms with Gasteiger partial charge in [0.05, 0.1) is 4.88 Å². The fourth-order valence-corrected chi connectivity index (χ4v) is 2.89. The van der Waals surface area contributed by atoms with E-state index in [-0.39, 0.29) is 17.6 Å². The molecule has 0 aliphatic carbocycles. The van der Waals surface area contributed by atoms with Crippen molar-refractivity contribution in [1.82, 2.24) is 5.32 Å². The van der Waals surface area contributed by atoms with Crippen LogP contribution in [0.1, 0.15) is 28.9 Å². The molecule has 1 amide bonds. The van der Waals surface area contributed by atoms with E-state index in [0.717, 1.165) is 22.9 Å². The molecule has 0 aliphatic rings. The van der Waals surface area contributed by atoms with Crippen LogP contribution in [0.15, 0.2) is 29.4 Å². The fraction of sp³-hybridized carbons (Fsp3) is 0.286. The number of hydrogen-bond donors (Lipinski definition) is 3. The van der Waals surface area contributed by atoms with Gasteiger partial charge in [-0.15, -0.1) is 11.3 Å². The average Bonchev–Trinajstić information content (AvgIpc) is 2.89. The maximum Gasteiger partial charge on any atom is 0.261 e. The number of amides is 1. The van der Waals surface area contributed by atoms with Crippen LogP contribution in [0.2, 0.25) is 0 Å². The van der Waals surface area contributed by atoms with Crippen LogP contribution in [0.3, 0.4) is 0 Å². The lowest BCUT2D eigenvalue weighted by molar-refractivity contribution is 0.0957. The Kier molecular flexibility index (Phi) is 5.10. The Morgan fingerprint density at radius 2 is 2.19 bits per heavy atom. The van der Waals surface area contributed by atoms with Gasteiger partial charge in [0.25, 0.3) is 5.91 Å². The van der Waals surface area contributed by atoms with Gasteiger partial charge in [0, 0.05) is 17.7 Å². The zero-order valence-corrected chi connectivity index (χ0v) is 12.1. The Hall–Kier alpha value is -2.15. The Labute approximate surface area is 125 Å². The number of fused-ring (bicyclic) bond motifs is 1. The highest BCUT2D eigenvalue weighted by Gasteiger charge is 2.10. The quantitative estimate of drug-likeness (QED) is 0.252. The van der Waals surface area contributed by atoms with Crippen LogP contribution >= 0.6 is 11.3 Å². The second kappa shape index (κ2) is 7.03. The lowest BCUT2D eigenvalue weighted by Gasteiger charge is -2.03. The number of oxime groups is 1. The lowest BCUT2D eigenvalue weighted by Crippen LogP contribution is -2.23. The molecule has 0 aliphatic heterocycles. The third kappa shape index (κ3) is 4.16. The third-order valence-electron chi connectivity index (χ3n) is 2.98. The smallest absolute Gasteiger partial charge is 0.261 e. The molecule has 0 atom stereocenters. The van der Waals surface area contributed by atoms with Crippen LogP contribution in [0.5, 0.6) is 0 Å². The van der Waals surface area contributed by atoms with Crippen molar-refractivity contribution in [2.75, 3.05) is 6.54 Å². The van der Waals surface area contributed by atoms with Gasteiger partial charge in [-0.25, -0.2) is 4.39 Å². The molecule has 21 heavy (non-hydrogen) atoms. The fourth-order valence-electron chi connectivity index (χ4n) is 1.89. The van der Waals surface area contributed by atoms with E-state index in [9.17, 15) is 9.18 Å². The van der Waals surface area contributed by atoms with Crippen LogP contribution in [-0.4, -0.2) is 23.5 Å². The molecule has 0 saturated heterocycles. The van der Waals surface area contributed by atoms with E-state index < -0.39 is 0 Å². The molecule has 0 bridgehead atoms. The summed E-state index contributed by atoms with van der Waals surface area (Å²) in [6.45, 7) is 0.514. The summed E-state index contributed by atoms with van der Waals surface area (Å²) in [5.74, 6) is -0.285. The highest BCUT2D eigenvalue weighted by molar-refractivity contribution is 7.20. The maximum absolute atomic E-state index is 13.1. The topological polar surface area (TPSA) is 87.7 Å². The molecule has 2 rings (SSSR count). The number of carbonyl (C=O) groups excluding carboxylic acids is 1. The number of nitrogens with zero attached hydrogens (tertiary/aromatic N) is 1. The van der Waals surface area contributed by atoms with Gasteiger partial charge in [0.2, 0.25) is 0 Å². The summed E-state index contributed by atoms with van der Waals surface area (Å²) in [5, 5.41) is 14.9. The summed E-state index contributed by atoms with van der Waals surface area (Å²) in [7, 11) is 0. The number of thiophene rings is 1. The Morgan fingerprint density at radius 3 is 2.95 bits per heavy atom. The van der Waals surface area contributed by atoms with Gasteiger partial charge in [-0.1, -0.05) is 11.2 Å². The van der Waals surface area contributed by atoms with Crippen LogP contribution in [0, 0.1) is 5.82 Å². The number of rotatable bonds is 6. The number of amidine groups is 1. The van der Waals surface area contributed by atoms with Crippen LogP contribution in [0.4, 0.5) is 4.39 Å². The van der Waals surface area contributed by atoms with Crippen molar-refractivity contribution in [1.29, 1.82) is 0 Å². The molecule has 0 saturated carbocycles. The third-order valence-corrected chi connectivity index (χ3v) is 4.08. The van der Waals surface area contributed by atoms with Crippen molar-refractivity contribution < 1.29 is 14.4 Å². The summed E-state index contributed by atoms with van der Waals surface area (Å²) in [6.07, 6.45) is 1.96. The Morgan fingerprint density at radius 1 is 1.38 bits per heavy atom. The normalized spacial score (nSPS) is 11.8. The molecule has 7 heteroatoms. The number of benzene rings is 1. The van der Waals surface area contributed by atoms with Crippen molar-refractivity contribution in [2.24, 2.45) is 10.9 Å². The number of hydrogen-bond acceptors (Lipinski definition) is 4. The van der Waals surface area contributed by atoms with Gasteiger partial charge < -0.3 is 16.3 Å². The molecule has 1 aromatic heterocycles. The molecular weight excluding hydrogens is 293 g/mol. The monoisotopic (exact) mass is 309 g/mol. The predicted molar refractivity (Wildman–Crippen MR) is 81.4 cm³/mol. The second-order valence-electron chi connectivity index (χ2n) is 4.60. The van der Waals surface area contributed by atoms with Crippen LogP contribution in [-0.2, 0) is 0 Å². The van der Waals surface area contributed by atoms with E-state index in [0.29, 0.717) is 17.8 Å². The summed E-state index contributed by atoms with van der Waals surface area (Å²) >= 11 is 1.27. The molecular formula is C14H16FN3O2S. The van der Waals surface area contributed by atoms with E-state index in [1.54, 1.807) is 12.1 Å². The first-order valence-electron chi connectivity index (χ1n) is 6.54. The molecule has 4 N–H and O–H groups in total. The Balaban J connectivity index is 1.85. The lowest BCUT2D eigenvalue weighted by atomic mass is 10.2. The van der Waals surface area contributed by atoms with Crippen molar-refractivity contribution in [3.05, 3.63) is 35.0 Å². The first kappa shape index (κ1) is 15.2. The standard InChI is InChI=1S/C14H16FN3O2S/c15-10-5-4-9-7-12(21-11(9)8-10)14(19)17-6-2-1-3-13(16)18-20/h4-5,7-8,20H,1-3,6H2,(H2,16,18)(H,17,19). The minimum absolute atomic E-state index is 0.166. The first-order chi connectivity index (χ1) is 10.1. The van der Waals surface area contributed by atoms with Gasteiger partial charge in [0.15, 0.2) is 0 Å². The van der Waals surface area contributed by atoms with Crippen LogP contribution < -0.4 is 11.1 Å². The van der Waals surface area contributed by atoms with Gasteiger partial charge in [-0.05, 0) is 36.4 Å². The van der Waals surface area contributed by atoms with Crippen molar-refractivity contribution in [3.63, 3.8) is 0 Å². The number of unbranched alkanes of at least 4 members (excludes halogenated alkanes) is 1. The largest absolute Gasteiger partial charge is 0.409 e. The number of halogens is 1. The van der Waals surface area contributed by atoms with E-state index in [1.165, 1.54) is 23.5 Å². The minimum atomic E-state index is -0.306. The highest BCUT2D eigenvalue weighted by atomic mass is 32.1. The second-order valence-corrected chi connectivity index (χ2v) is 5.68. The van der Waals surface area contributed by atoms with E-state index >= 15 is 0 Å². The highest BCUT2D eigenvalue weighted by Crippen LogP contribution is 2.26. The van der Waals surface area contributed by atoms with Crippen LogP contribution in [0.25, 0.3) is 10.1 Å². The molecule has 0 spiro atoms. The number of carbonyl (C=O) groups is 1. The predicted octanol–water partition coefficient (Wildman–Crippen LogP) is 2.69. The molecule has 2 aromatic rings. The molecule has 0 unspecified atom stereocenters. The van der Waals surface area contributed by atoms with Gasteiger partial charge in [-0.2, -0.15) is 0 Å². The Bertz CT molecular complexity index is 669. The summed E-state index contributed by atoms with van der Waals surface area (Å²) in [6, 6.07) is 6.22. The minimum Gasteiger partial charge on any atom is -0.409 e. The first-order valence-corrected chi connectivity index (χ1v) is 7.35. The van der Waals surface area contributed by atoms with E-state index in [2.05, 4.69) is 10.5 Å². The van der Waals surface area contributed by atoms with Crippen molar-refractivity contribution >= 4 is 33.2 Å². The molecule has 112 valence electrons. The summed E-state index contributed by atoms with van der Waals surface area (Å²) < 4.78 is 13.9. The summed E-state index contributed by atoms with van der Waals surface area (Å²) in [5.41, 5.74) is 5.35. The SMILES string of the molecule is N/C(CCCCNC(=O)c1cc2ccc(F)cc2s1)=N/O. The van der Waals surface area contributed by atoms with Crippen molar-refractivity contribution in [2.45, 2.75) is 19.3 Å². The molecule has 0 radical (unpaired) electrons. The van der Waals surface area contributed by atoms with Crippen molar-refractivity contribution in [3.8, 4) is 0 Å². The zero-order valence-electron chi connectivity index (χ0n) is 11.3. The average molecular weight is 309 g/mol. The van der Waals surface area contributed by atoms with Gasteiger partial charge in [0.1, 0.15) is 11.7 Å². The summed E-state index contributed by atoms with van der Waals surface area (Å²) in [4.78, 5) is 12.5.